The first-order chi connectivity index (χ1) is 13.4. The van der Waals surface area contributed by atoms with E-state index in [0.717, 1.165) is 37.0 Å². The maximum atomic E-state index is 13.1. The van der Waals surface area contributed by atoms with Gasteiger partial charge in [0.2, 0.25) is 5.91 Å². The van der Waals surface area contributed by atoms with Crippen molar-refractivity contribution in [3.05, 3.63) is 51.3 Å². The smallest absolute Gasteiger partial charge is 0.312 e. The predicted molar refractivity (Wildman–Crippen MR) is 104 cm³/mol. The lowest BCUT2D eigenvalue weighted by molar-refractivity contribution is -0.386. The van der Waals surface area contributed by atoms with E-state index in [9.17, 15) is 14.9 Å². The summed E-state index contributed by atoms with van der Waals surface area (Å²) in [5.41, 5.74) is 1.80. The molecule has 0 spiro atoms. The highest BCUT2D eigenvalue weighted by Crippen LogP contribution is 2.32. The van der Waals surface area contributed by atoms with E-state index in [4.69, 9.17) is 4.74 Å². The SMILES string of the molecule is COc1ccc(C2CCCCCN2C(=O)Cn2nc(C)c([N+](=O)[O-])c2C)cc1. The fourth-order valence-corrected chi connectivity index (χ4v) is 3.90. The molecule has 1 amide bonds. The number of amides is 1. The molecular weight excluding hydrogens is 360 g/mol. The van der Waals surface area contributed by atoms with E-state index >= 15 is 0 Å². The molecule has 1 aromatic carbocycles. The minimum atomic E-state index is -0.440. The number of rotatable bonds is 5. The zero-order valence-corrected chi connectivity index (χ0v) is 16.6. The van der Waals surface area contributed by atoms with Gasteiger partial charge < -0.3 is 9.64 Å². The third-order valence-electron chi connectivity index (χ3n) is 5.38. The molecule has 1 saturated heterocycles. The molecule has 0 saturated carbocycles. The van der Waals surface area contributed by atoms with Crippen molar-refractivity contribution in [3.63, 3.8) is 0 Å². The Kier molecular flexibility index (Phi) is 5.96. The van der Waals surface area contributed by atoms with Crippen molar-refractivity contribution in [2.24, 2.45) is 0 Å². The fraction of sp³-hybridized carbons (Fsp3) is 0.500. The van der Waals surface area contributed by atoms with Gasteiger partial charge in [-0.25, -0.2) is 0 Å². The van der Waals surface area contributed by atoms with Gasteiger partial charge in [-0.3, -0.25) is 19.6 Å². The standard InChI is InChI=1S/C20H26N4O4/c1-14-20(24(26)27)15(2)23(21-14)13-19(25)22-12-6-4-5-7-18(22)16-8-10-17(28-3)11-9-16/h8-11,18H,4-7,12-13H2,1-3H3. The first-order valence-corrected chi connectivity index (χ1v) is 9.54. The second-order valence-electron chi connectivity index (χ2n) is 7.16. The van der Waals surface area contributed by atoms with Crippen LogP contribution in [0.1, 0.15) is 48.7 Å². The van der Waals surface area contributed by atoms with Crippen molar-refractivity contribution in [2.45, 2.75) is 52.1 Å². The molecule has 1 aromatic heterocycles. The molecule has 0 aliphatic carbocycles. The molecule has 1 atom stereocenters. The van der Waals surface area contributed by atoms with Crippen LogP contribution in [0, 0.1) is 24.0 Å². The van der Waals surface area contributed by atoms with Crippen LogP contribution in [0.2, 0.25) is 0 Å². The molecule has 2 aromatic rings. The summed E-state index contributed by atoms with van der Waals surface area (Å²) in [4.78, 5) is 25.8. The second-order valence-corrected chi connectivity index (χ2v) is 7.16. The van der Waals surface area contributed by atoms with Crippen LogP contribution in [-0.2, 0) is 11.3 Å². The number of carbonyl (C=O) groups is 1. The van der Waals surface area contributed by atoms with Crippen molar-refractivity contribution in [3.8, 4) is 5.75 Å². The first-order valence-electron chi connectivity index (χ1n) is 9.54. The van der Waals surface area contributed by atoms with E-state index in [-0.39, 0.29) is 24.2 Å². The van der Waals surface area contributed by atoms with Crippen molar-refractivity contribution < 1.29 is 14.5 Å². The number of methoxy groups -OCH3 is 1. The number of aromatic nitrogens is 2. The lowest BCUT2D eigenvalue weighted by Crippen LogP contribution is -2.37. The van der Waals surface area contributed by atoms with Gasteiger partial charge in [-0.1, -0.05) is 25.0 Å². The summed E-state index contributed by atoms with van der Waals surface area (Å²) in [6.07, 6.45) is 4.00. The largest absolute Gasteiger partial charge is 0.497 e. The van der Waals surface area contributed by atoms with Gasteiger partial charge in [0.05, 0.1) is 18.1 Å². The molecule has 0 radical (unpaired) electrons. The number of benzene rings is 1. The van der Waals surface area contributed by atoms with Crippen LogP contribution in [-0.4, -0.2) is 39.2 Å². The molecule has 1 aliphatic heterocycles. The van der Waals surface area contributed by atoms with Gasteiger partial charge in [-0.05, 0) is 44.4 Å². The van der Waals surface area contributed by atoms with Crippen LogP contribution in [0.15, 0.2) is 24.3 Å². The Morgan fingerprint density at radius 3 is 2.57 bits per heavy atom. The number of hydrogen-bond acceptors (Lipinski definition) is 5. The van der Waals surface area contributed by atoms with Crippen molar-refractivity contribution >= 4 is 11.6 Å². The third kappa shape index (κ3) is 4.00. The molecule has 8 heteroatoms. The van der Waals surface area contributed by atoms with E-state index in [0.29, 0.717) is 17.9 Å². The zero-order valence-electron chi connectivity index (χ0n) is 16.6. The molecule has 8 nitrogen and oxygen atoms in total. The average molecular weight is 386 g/mol. The Labute approximate surface area is 164 Å². The summed E-state index contributed by atoms with van der Waals surface area (Å²) < 4.78 is 6.68. The Bertz CT molecular complexity index is 860. The molecule has 1 fully saturated rings. The molecule has 0 N–H and O–H groups in total. The van der Waals surface area contributed by atoms with E-state index in [2.05, 4.69) is 5.10 Å². The molecule has 3 rings (SSSR count). The van der Waals surface area contributed by atoms with Gasteiger partial charge in [-0.15, -0.1) is 0 Å². The second kappa shape index (κ2) is 8.41. The summed E-state index contributed by atoms with van der Waals surface area (Å²) in [6.45, 7) is 3.91. The van der Waals surface area contributed by atoms with Gasteiger partial charge in [0.15, 0.2) is 0 Å². The number of likely N-dealkylation sites (tertiary alicyclic amines) is 1. The number of ether oxygens (including phenoxy) is 1. The summed E-state index contributed by atoms with van der Waals surface area (Å²) in [5, 5.41) is 15.4. The number of nitrogens with zero attached hydrogens (tertiary/aromatic N) is 4. The molecule has 0 bridgehead atoms. The molecule has 150 valence electrons. The Hall–Kier alpha value is -2.90. The van der Waals surface area contributed by atoms with Crippen molar-refractivity contribution in [1.82, 2.24) is 14.7 Å². The lowest BCUT2D eigenvalue weighted by atomic mass is 10.0. The quantitative estimate of drug-likeness (QED) is 0.579. The van der Waals surface area contributed by atoms with E-state index in [1.165, 1.54) is 4.68 Å². The lowest BCUT2D eigenvalue weighted by Gasteiger charge is -2.30. The maximum Gasteiger partial charge on any atom is 0.312 e. The number of hydrogen-bond donors (Lipinski definition) is 0. The third-order valence-corrected chi connectivity index (χ3v) is 5.38. The number of carbonyl (C=O) groups excluding carboxylic acids is 1. The van der Waals surface area contributed by atoms with Crippen LogP contribution in [0.4, 0.5) is 5.69 Å². The van der Waals surface area contributed by atoms with Gasteiger partial charge >= 0.3 is 5.69 Å². The fourth-order valence-electron chi connectivity index (χ4n) is 3.90. The highest BCUT2D eigenvalue weighted by atomic mass is 16.6. The molecule has 1 aliphatic rings. The monoisotopic (exact) mass is 386 g/mol. The molecule has 1 unspecified atom stereocenters. The minimum Gasteiger partial charge on any atom is -0.497 e. The van der Waals surface area contributed by atoms with Gasteiger partial charge in [-0.2, -0.15) is 5.10 Å². The van der Waals surface area contributed by atoms with Crippen LogP contribution in [0.25, 0.3) is 0 Å². The number of aryl methyl sites for hydroxylation is 1. The van der Waals surface area contributed by atoms with E-state index in [1.807, 2.05) is 29.2 Å². The Balaban J connectivity index is 1.84. The van der Waals surface area contributed by atoms with Crippen LogP contribution in [0.5, 0.6) is 5.75 Å². The van der Waals surface area contributed by atoms with Crippen LogP contribution in [0.3, 0.4) is 0 Å². The van der Waals surface area contributed by atoms with Crippen molar-refractivity contribution in [2.75, 3.05) is 13.7 Å². The topological polar surface area (TPSA) is 90.5 Å². The predicted octanol–water partition coefficient (Wildman–Crippen LogP) is 3.56. The summed E-state index contributed by atoms with van der Waals surface area (Å²) in [6, 6.07) is 7.82. The molecular formula is C20H26N4O4. The Morgan fingerprint density at radius 1 is 1.25 bits per heavy atom. The molecule has 2 heterocycles. The summed E-state index contributed by atoms with van der Waals surface area (Å²) in [7, 11) is 1.63. The normalized spacial score (nSPS) is 17.2. The van der Waals surface area contributed by atoms with Crippen molar-refractivity contribution in [1.29, 1.82) is 0 Å². The minimum absolute atomic E-state index is 0.00661. The first kappa shape index (κ1) is 19.9. The summed E-state index contributed by atoms with van der Waals surface area (Å²) >= 11 is 0. The number of nitro groups is 1. The van der Waals surface area contributed by atoms with Crippen LogP contribution < -0.4 is 4.74 Å². The zero-order chi connectivity index (χ0) is 20.3. The Morgan fingerprint density at radius 2 is 1.96 bits per heavy atom. The van der Waals surface area contributed by atoms with Gasteiger partial charge in [0.1, 0.15) is 23.7 Å². The van der Waals surface area contributed by atoms with E-state index in [1.54, 1.807) is 21.0 Å². The highest BCUT2D eigenvalue weighted by Gasteiger charge is 2.29. The average Bonchev–Trinajstić information content (AvgIpc) is 2.85. The van der Waals surface area contributed by atoms with E-state index < -0.39 is 4.92 Å². The molecule has 28 heavy (non-hydrogen) atoms. The summed E-state index contributed by atoms with van der Waals surface area (Å²) in [5.74, 6) is 0.716. The van der Waals surface area contributed by atoms with Crippen LogP contribution >= 0.6 is 0 Å². The van der Waals surface area contributed by atoms with Gasteiger partial charge in [0, 0.05) is 6.54 Å². The maximum absolute atomic E-state index is 13.1. The van der Waals surface area contributed by atoms with Gasteiger partial charge in [0.25, 0.3) is 0 Å². The highest BCUT2D eigenvalue weighted by molar-refractivity contribution is 5.76.